The molecule has 0 bridgehead atoms. The van der Waals surface area contributed by atoms with Gasteiger partial charge in [0.2, 0.25) is 0 Å². The van der Waals surface area contributed by atoms with Crippen LogP contribution in [0.2, 0.25) is 0 Å². The number of hydrogen-bond donors (Lipinski definition) is 1. The van der Waals surface area contributed by atoms with Crippen LogP contribution in [-0.4, -0.2) is 40.0 Å². The number of nitrogens with zero attached hydrogens (tertiary/aromatic N) is 3. The van der Waals surface area contributed by atoms with Crippen molar-refractivity contribution in [2.24, 2.45) is 0 Å². The van der Waals surface area contributed by atoms with Crippen LogP contribution < -0.4 is 5.32 Å². The number of hydrogen-bond acceptors (Lipinski definition) is 4. The summed E-state index contributed by atoms with van der Waals surface area (Å²) < 4.78 is 40.5. The van der Waals surface area contributed by atoms with Crippen molar-refractivity contribution >= 4 is 11.7 Å². The molecular formula is C25H27F3N4O2. The van der Waals surface area contributed by atoms with Gasteiger partial charge in [-0.2, -0.15) is 18.3 Å². The summed E-state index contributed by atoms with van der Waals surface area (Å²) in [7, 11) is 2.01. The molecule has 0 aliphatic carbocycles. The van der Waals surface area contributed by atoms with Crippen molar-refractivity contribution in [3.63, 3.8) is 0 Å². The molecule has 34 heavy (non-hydrogen) atoms. The molecule has 0 saturated carbocycles. The second-order valence-electron chi connectivity index (χ2n) is 8.17. The topological polar surface area (TPSA) is 67.2 Å². The molecule has 3 aromatic rings. The van der Waals surface area contributed by atoms with Crippen LogP contribution in [-0.2, 0) is 24.1 Å². The fourth-order valence-corrected chi connectivity index (χ4v) is 3.67. The number of rotatable bonds is 8. The third-order valence-electron chi connectivity index (χ3n) is 5.58. The largest absolute Gasteiger partial charge is 0.416 e. The molecule has 0 spiro atoms. The van der Waals surface area contributed by atoms with E-state index in [0.29, 0.717) is 5.69 Å². The minimum absolute atomic E-state index is 0.0771. The maximum absolute atomic E-state index is 13.1. The van der Waals surface area contributed by atoms with E-state index in [-0.39, 0.29) is 23.5 Å². The fourth-order valence-electron chi connectivity index (χ4n) is 3.67. The van der Waals surface area contributed by atoms with Gasteiger partial charge in [-0.15, -0.1) is 0 Å². The van der Waals surface area contributed by atoms with Gasteiger partial charge in [-0.05, 0) is 56.8 Å². The van der Waals surface area contributed by atoms with Crippen LogP contribution >= 0.6 is 0 Å². The van der Waals surface area contributed by atoms with Crippen LogP contribution in [0.25, 0.3) is 5.69 Å². The van der Waals surface area contributed by atoms with Gasteiger partial charge in [0.05, 0.1) is 28.2 Å². The Kier molecular flexibility index (Phi) is 7.56. The highest BCUT2D eigenvalue weighted by Gasteiger charge is 2.31. The Morgan fingerprint density at radius 1 is 1.06 bits per heavy atom. The highest BCUT2D eigenvalue weighted by molar-refractivity contribution is 6.43. The molecule has 0 aliphatic heterocycles. The molecular weight excluding hydrogens is 445 g/mol. The third kappa shape index (κ3) is 5.72. The molecule has 1 heterocycles. The number of benzene rings is 2. The highest BCUT2D eigenvalue weighted by Crippen LogP contribution is 2.31. The first-order valence-electron chi connectivity index (χ1n) is 10.8. The van der Waals surface area contributed by atoms with Crippen molar-refractivity contribution < 1.29 is 22.8 Å². The summed E-state index contributed by atoms with van der Waals surface area (Å²) in [6.07, 6.45) is -4.51. The van der Waals surface area contributed by atoms with E-state index in [2.05, 4.69) is 22.2 Å². The average Bonchev–Trinajstić information content (AvgIpc) is 3.10. The number of carbonyl (C=O) groups is 2. The van der Waals surface area contributed by atoms with Crippen LogP contribution in [0, 0.1) is 13.8 Å². The van der Waals surface area contributed by atoms with Gasteiger partial charge in [-0.1, -0.05) is 37.3 Å². The summed E-state index contributed by atoms with van der Waals surface area (Å²) >= 11 is 0. The van der Waals surface area contributed by atoms with Gasteiger partial charge in [0, 0.05) is 13.1 Å². The molecule has 1 aromatic heterocycles. The number of amides is 1. The molecule has 3 rings (SSSR count). The molecule has 0 saturated heterocycles. The lowest BCUT2D eigenvalue weighted by Crippen LogP contribution is -2.31. The van der Waals surface area contributed by atoms with Crippen LogP contribution in [0.1, 0.15) is 45.4 Å². The average molecular weight is 473 g/mol. The molecule has 0 aliphatic rings. The summed E-state index contributed by atoms with van der Waals surface area (Å²) in [4.78, 5) is 27.6. The zero-order valence-corrected chi connectivity index (χ0v) is 19.5. The van der Waals surface area contributed by atoms with Crippen molar-refractivity contribution in [1.82, 2.24) is 20.0 Å². The van der Waals surface area contributed by atoms with Gasteiger partial charge in [0.15, 0.2) is 0 Å². The number of alkyl halides is 3. The molecule has 1 N–H and O–H groups in total. The van der Waals surface area contributed by atoms with E-state index < -0.39 is 23.4 Å². The number of Topliss-reactive ketones (excluding diaryl/α,β-unsaturated/α-hetero) is 1. The quantitative estimate of drug-likeness (QED) is 0.388. The Morgan fingerprint density at radius 3 is 2.41 bits per heavy atom. The number of halogens is 3. The van der Waals surface area contributed by atoms with Gasteiger partial charge in [-0.3, -0.25) is 9.59 Å². The van der Waals surface area contributed by atoms with E-state index in [1.807, 2.05) is 31.3 Å². The molecule has 9 heteroatoms. The molecule has 0 radical (unpaired) electrons. The molecule has 180 valence electrons. The van der Waals surface area contributed by atoms with E-state index in [9.17, 15) is 22.8 Å². The molecule has 0 atom stereocenters. The van der Waals surface area contributed by atoms with Gasteiger partial charge >= 0.3 is 6.18 Å². The smallest absolute Gasteiger partial charge is 0.345 e. The van der Waals surface area contributed by atoms with Gasteiger partial charge in [0.25, 0.3) is 11.7 Å². The predicted molar refractivity (Wildman–Crippen MR) is 123 cm³/mol. The second kappa shape index (κ2) is 10.2. The van der Waals surface area contributed by atoms with E-state index in [0.717, 1.165) is 36.3 Å². The Bertz CT molecular complexity index is 1200. The normalized spacial score (nSPS) is 11.6. The second-order valence-corrected chi connectivity index (χ2v) is 8.17. The van der Waals surface area contributed by atoms with Gasteiger partial charge < -0.3 is 10.2 Å². The fraction of sp³-hybridized carbons (Fsp3) is 0.320. The van der Waals surface area contributed by atoms with Crippen molar-refractivity contribution in [3.05, 3.63) is 82.2 Å². The number of ketones is 1. The Hall–Kier alpha value is -3.46. The minimum Gasteiger partial charge on any atom is -0.345 e. The summed E-state index contributed by atoms with van der Waals surface area (Å²) in [5.74, 6) is -1.58. The highest BCUT2D eigenvalue weighted by atomic mass is 19.4. The Labute approximate surface area is 196 Å². The summed E-state index contributed by atoms with van der Waals surface area (Å²) in [6.45, 7) is 7.01. The predicted octanol–water partition coefficient (Wildman–Crippen LogP) is 4.46. The Balaban J connectivity index is 1.76. The van der Waals surface area contributed by atoms with Crippen LogP contribution in [0.15, 0.2) is 48.5 Å². The molecule has 1 amide bonds. The first kappa shape index (κ1) is 25.2. The lowest BCUT2D eigenvalue weighted by atomic mass is 10.1. The minimum atomic E-state index is -4.51. The monoisotopic (exact) mass is 472 g/mol. The molecule has 6 nitrogen and oxygen atoms in total. The standard InChI is InChI=1S/C25H27F3N4O2/c1-5-31(4)15-19-9-6-8-18(12-19)14-29-24(34)23(33)22-16(2)30-32(17(22)3)21-11-7-10-20(13-21)25(26,27)28/h6-13H,5,14-15H2,1-4H3,(H,29,34). The van der Waals surface area contributed by atoms with Crippen molar-refractivity contribution in [2.75, 3.05) is 13.6 Å². The summed E-state index contributed by atoms with van der Waals surface area (Å²) in [5, 5.41) is 6.85. The molecule has 2 aromatic carbocycles. The molecule has 0 unspecified atom stereocenters. The number of nitrogens with one attached hydrogen (secondary N) is 1. The van der Waals surface area contributed by atoms with Crippen molar-refractivity contribution in [1.29, 1.82) is 0 Å². The van der Waals surface area contributed by atoms with E-state index in [1.54, 1.807) is 13.8 Å². The first-order valence-corrected chi connectivity index (χ1v) is 10.8. The summed E-state index contributed by atoms with van der Waals surface area (Å²) in [6, 6.07) is 12.4. The Morgan fingerprint density at radius 2 is 1.74 bits per heavy atom. The van der Waals surface area contributed by atoms with Crippen molar-refractivity contribution in [2.45, 2.75) is 40.0 Å². The van der Waals surface area contributed by atoms with E-state index in [1.165, 1.54) is 16.8 Å². The summed E-state index contributed by atoms with van der Waals surface area (Å²) in [5.41, 5.74) is 1.92. The zero-order chi connectivity index (χ0) is 25.0. The van der Waals surface area contributed by atoms with Crippen LogP contribution in [0.5, 0.6) is 0 Å². The van der Waals surface area contributed by atoms with Crippen LogP contribution in [0.3, 0.4) is 0 Å². The SMILES string of the molecule is CCN(C)Cc1cccc(CNC(=O)C(=O)c2c(C)nn(-c3cccc(C(F)(F)F)c3)c2C)c1. The maximum atomic E-state index is 13.1. The van der Waals surface area contributed by atoms with Gasteiger partial charge in [-0.25, -0.2) is 4.68 Å². The maximum Gasteiger partial charge on any atom is 0.416 e. The van der Waals surface area contributed by atoms with Crippen molar-refractivity contribution in [3.8, 4) is 5.69 Å². The number of aromatic nitrogens is 2. The van der Waals surface area contributed by atoms with Gasteiger partial charge in [0.1, 0.15) is 0 Å². The molecule has 0 fully saturated rings. The number of aryl methyl sites for hydroxylation is 1. The lowest BCUT2D eigenvalue weighted by molar-refractivity contribution is -0.137. The lowest BCUT2D eigenvalue weighted by Gasteiger charge is -2.14. The number of carbonyl (C=O) groups excluding carboxylic acids is 2. The zero-order valence-electron chi connectivity index (χ0n) is 19.5. The van der Waals surface area contributed by atoms with Crippen LogP contribution in [0.4, 0.5) is 13.2 Å². The first-order chi connectivity index (χ1) is 16.0. The van der Waals surface area contributed by atoms with E-state index in [4.69, 9.17) is 0 Å². The third-order valence-corrected chi connectivity index (χ3v) is 5.58. The van der Waals surface area contributed by atoms with E-state index >= 15 is 0 Å².